The first kappa shape index (κ1) is 19.6. The van der Waals surface area contributed by atoms with Gasteiger partial charge in [0.1, 0.15) is 0 Å². The first-order valence-corrected chi connectivity index (χ1v) is 10.5. The Kier molecular flexibility index (Phi) is 4.90. The number of carbonyl (C=O) groups is 3. The lowest BCUT2D eigenvalue weighted by Gasteiger charge is -2.43. The molecule has 0 fully saturated rings. The molecule has 4 rings (SSSR count). The number of para-hydroxylation sites is 1. The molecular weight excluding hydrogens is 386 g/mol. The molecule has 2 aromatic rings. The fourth-order valence-electron chi connectivity index (χ4n) is 4.38. The van der Waals surface area contributed by atoms with E-state index in [1.54, 1.807) is 40.5 Å². The zero-order chi connectivity index (χ0) is 20.8. The predicted molar refractivity (Wildman–Crippen MR) is 112 cm³/mol. The molecule has 1 aromatic heterocycles. The standard InChI is InChI=1S/C23H23NO4S/c1-23(2)12-17-21(18(25)13-23)15(19-9-6-10-29-19)11-20(26)24(17)16-8-5-4-7-14(16)22(27)28-3/h4-10,15H,11-13H2,1-3H3. The lowest BCUT2D eigenvalue weighted by Crippen LogP contribution is -2.44. The van der Waals surface area contributed by atoms with Crippen LogP contribution in [0.5, 0.6) is 0 Å². The molecule has 1 atom stereocenters. The summed E-state index contributed by atoms with van der Waals surface area (Å²) in [4.78, 5) is 41.6. The van der Waals surface area contributed by atoms with Crippen LogP contribution in [0.25, 0.3) is 0 Å². The van der Waals surface area contributed by atoms with Crippen LogP contribution in [-0.2, 0) is 14.3 Å². The van der Waals surface area contributed by atoms with Gasteiger partial charge in [0.2, 0.25) is 5.91 Å². The maximum atomic E-state index is 13.4. The molecule has 1 amide bonds. The zero-order valence-corrected chi connectivity index (χ0v) is 17.5. The highest BCUT2D eigenvalue weighted by Crippen LogP contribution is 2.49. The van der Waals surface area contributed by atoms with Crippen molar-refractivity contribution in [3.63, 3.8) is 0 Å². The number of amides is 1. The van der Waals surface area contributed by atoms with Gasteiger partial charge in [0.15, 0.2) is 5.78 Å². The number of allylic oxidation sites excluding steroid dienone is 2. The van der Waals surface area contributed by atoms with Gasteiger partial charge < -0.3 is 4.74 Å². The summed E-state index contributed by atoms with van der Waals surface area (Å²) in [6, 6.07) is 10.8. The van der Waals surface area contributed by atoms with Gasteiger partial charge in [-0.05, 0) is 35.4 Å². The fraction of sp³-hybridized carbons (Fsp3) is 0.348. The number of thiophene rings is 1. The third-order valence-corrected chi connectivity index (χ3v) is 6.57. The van der Waals surface area contributed by atoms with E-state index in [0.29, 0.717) is 29.7 Å². The van der Waals surface area contributed by atoms with E-state index >= 15 is 0 Å². The van der Waals surface area contributed by atoms with Crippen molar-refractivity contribution < 1.29 is 19.1 Å². The second-order valence-electron chi connectivity index (χ2n) is 8.31. The summed E-state index contributed by atoms with van der Waals surface area (Å²) in [7, 11) is 1.32. The van der Waals surface area contributed by atoms with E-state index in [0.717, 1.165) is 10.6 Å². The van der Waals surface area contributed by atoms with Crippen LogP contribution in [0.3, 0.4) is 0 Å². The molecule has 0 saturated carbocycles. The highest BCUT2D eigenvalue weighted by atomic mass is 32.1. The van der Waals surface area contributed by atoms with Crippen molar-refractivity contribution in [2.75, 3.05) is 12.0 Å². The van der Waals surface area contributed by atoms with Gasteiger partial charge in [0.05, 0.1) is 18.4 Å². The van der Waals surface area contributed by atoms with E-state index < -0.39 is 5.97 Å². The van der Waals surface area contributed by atoms with Crippen molar-refractivity contribution in [2.45, 2.75) is 39.0 Å². The van der Waals surface area contributed by atoms with Crippen LogP contribution < -0.4 is 4.90 Å². The number of nitrogens with zero attached hydrogens (tertiary/aromatic N) is 1. The van der Waals surface area contributed by atoms with E-state index in [-0.39, 0.29) is 29.4 Å². The molecular formula is C23H23NO4S. The van der Waals surface area contributed by atoms with E-state index in [4.69, 9.17) is 4.74 Å². The normalized spacial score (nSPS) is 21.2. The summed E-state index contributed by atoms with van der Waals surface area (Å²) in [6.45, 7) is 4.08. The average molecular weight is 410 g/mol. The SMILES string of the molecule is COC(=O)c1ccccc1N1C(=O)CC(c2cccs2)C2=C1CC(C)(C)CC2=O. The number of rotatable bonds is 3. The van der Waals surface area contributed by atoms with Crippen molar-refractivity contribution >= 4 is 34.7 Å². The van der Waals surface area contributed by atoms with Crippen LogP contribution in [-0.4, -0.2) is 24.8 Å². The number of methoxy groups -OCH3 is 1. The average Bonchev–Trinajstić information content (AvgIpc) is 3.20. The molecule has 1 unspecified atom stereocenters. The van der Waals surface area contributed by atoms with Crippen LogP contribution in [0.4, 0.5) is 5.69 Å². The number of esters is 1. The summed E-state index contributed by atoms with van der Waals surface area (Å²) in [5, 5.41) is 1.97. The molecule has 5 nitrogen and oxygen atoms in total. The first-order valence-electron chi connectivity index (χ1n) is 9.62. The second kappa shape index (κ2) is 7.26. The number of anilines is 1. The zero-order valence-electron chi connectivity index (χ0n) is 16.7. The molecule has 0 saturated heterocycles. The van der Waals surface area contributed by atoms with Crippen molar-refractivity contribution in [1.82, 2.24) is 0 Å². The molecule has 2 heterocycles. The van der Waals surface area contributed by atoms with Gasteiger partial charge in [-0.25, -0.2) is 4.79 Å². The van der Waals surface area contributed by atoms with E-state index in [1.807, 2.05) is 31.4 Å². The van der Waals surface area contributed by atoms with Crippen LogP contribution in [0.15, 0.2) is 53.0 Å². The predicted octanol–water partition coefficient (Wildman–Crippen LogP) is 4.70. The Labute approximate surface area is 174 Å². The molecule has 1 aliphatic carbocycles. The minimum atomic E-state index is -0.502. The van der Waals surface area contributed by atoms with Gasteiger partial charge in [-0.3, -0.25) is 14.5 Å². The summed E-state index contributed by atoms with van der Waals surface area (Å²) in [5.41, 5.74) is 1.97. The summed E-state index contributed by atoms with van der Waals surface area (Å²) < 4.78 is 4.92. The molecule has 0 N–H and O–H groups in total. The van der Waals surface area contributed by atoms with E-state index in [2.05, 4.69) is 0 Å². The number of hydrogen-bond acceptors (Lipinski definition) is 5. The van der Waals surface area contributed by atoms with Gasteiger partial charge >= 0.3 is 5.97 Å². The monoisotopic (exact) mass is 409 g/mol. The quantitative estimate of drug-likeness (QED) is 0.690. The number of ether oxygens (including phenoxy) is 1. The molecule has 2 aliphatic rings. The van der Waals surface area contributed by atoms with Crippen molar-refractivity contribution in [3.8, 4) is 0 Å². The Morgan fingerprint density at radius 1 is 1.14 bits per heavy atom. The molecule has 29 heavy (non-hydrogen) atoms. The Morgan fingerprint density at radius 2 is 1.90 bits per heavy atom. The number of Topliss-reactive ketones (excluding diaryl/α,β-unsaturated/α-hetero) is 1. The van der Waals surface area contributed by atoms with E-state index in [1.165, 1.54) is 7.11 Å². The fourth-order valence-corrected chi connectivity index (χ4v) is 5.22. The Morgan fingerprint density at radius 3 is 2.59 bits per heavy atom. The highest BCUT2D eigenvalue weighted by Gasteiger charge is 2.45. The molecule has 0 bridgehead atoms. The molecule has 6 heteroatoms. The van der Waals surface area contributed by atoms with Crippen molar-refractivity contribution in [2.24, 2.45) is 5.41 Å². The minimum absolute atomic E-state index is 0.0858. The van der Waals surface area contributed by atoms with Gasteiger partial charge in [0.25, 0.3) is 0 Å². The third kappa shape index (κ3) is 3.42. The van der Waals surface area contributed by atoms with Crippen LogP contribution in [0.2, 0.25) is 0 Å². The summed E-state index contributed by atoms with van der Waals surface area (Å²) in [6.07, 6.45) is 1.26. The maximum absolute atomic E-state index is 13.4. The summed E-state index contributed by atoms with van der Waals surface area (Å²) in [5.74, 6) is -0.744. The molecule has 150 valence electrons. The van der Waals surface area contributed by atoms with Gasteiger partial charge in [-0.15, -0.1) is 11.3 Å². The summed E-state index contributed by atoms with van der Waals surface area (Å²) >= 11 is 1.57. The van der Waals surface area contributed by atoms with Crippen molar-refractivity contribution in [1.29, 1.82) is 0 Å². The molecule has 0 spiro atoms. The van der Waals surface area contributed by atoms with Crippen LogP contribution in [0.1, 0.15) is 54.3 Å². The first-order chi connectivity index (χ1) is 13.8. The van der Waals surface area contributed by atoms with Crippen LogP contribution in [0, 0.1) is 5.41 Å². The lowest BCUT2D eigenvalue weighted by atomic mass is 9.70. The van der Waals surface area contributed by atoms with Gasteiger partial charge in [-0.1, -0.05) is 32.0 Å². The topological polar surface area (TPSA) is 63.7 Å². The maximum Gasteiger partial charge on any atom is 0.339 e. The van der Waals surface area contributed by atoms with Crippen LogP contribution >= 0.6 is 11.3 Å². The molecule has 0 radical (unpaired) electrons. The van der Waals surface area contributed by atoms with Crippen molar-refractivity contribution in [3.05, 3.63) is 63.5 Å². The number of carbonyl (C=O) groups excluding carboxylic acids is 3. The minimum Gasteiger partial charge on any atom is -0.465 e. The molecule has 1 aromatic carbocycles. The van der Waals surface area contributed by atoms with Gasteiger partial charge in [-0.2, -0.15) is 0 Å². The number of benzene rings is 1. The third-order valence-electron chi connectivity index (χ3n) is 5.58. The largest absolute Gasteiger partial charge is 0.465 e. The molecule has 1 aliphatic heterocycles. The Hall–Kier alpha value is -2.73. The Bertz CT molecular complexity index is 1020. The van der Waals surface area contributed by atoms with E-state index in [9.17, 15) is 14.4 Å². The van der Waals surface area contributed by atoms with Gasteiger partial charge in [0, 0.05) is 34.9 Å². The number of hydrogen-bond donors (Lipinski definition) is 0. The number of ketones is 1. The Balaban J connectivity index is 1.93. The second-order valence-corrected chi connectivity index (χ2v) is 9.29. The smallest absolute Gasteiger partial charge is 0.339 e. The lowest BCUT2D eigenvalue weighted by molar-refractivity contribution is -0.120. The highest BCUT2D eigenvalue weighted by molar-refractivity contribution is 7.10.